The summed E-state index contributed by atoms with van der Waals surface area (Å²) in [4.78, 5) is 12.3. The molecule has 20 heavy (non-hydrogen) atoms. The molecule has 2 rings (SSSR count). The van der Waals surface area contributed by atoms with E-state index >= 15 is 0 Å². The lowest BCUT2D eigenvalue weighted by Gasteiger charge is -2.28. The maximum atomic E-state index is 12.3. The van der Waals surface area contributed by atoms with E-state index in [1.165, 1.54) is 19.3 Å². The molecule has 1 aliphatic rings. The topological polar surface area (TPSA) is 52.3 Å². The first-order chi connectivity index (χ1) is 9.74. The monoisotopic (exact) mass is 275 g/mol. The van der Waals surface area contributed by atoms with Gasteiger partial charge in [0.25, 0.3) is 0 Å². The highest BCUT2D eigenvalue weighted by Crippen LogP contribution is 2.29. The normalized spacial score (nSPS) is 22.5. The lowest BCUT2D eigenvalue weighted by Crippen LogP contribution is -2.26. The Bertz CT molecular complexity index is 444. The Kier molecular flexibility index (Phi) is 5.60. The van der Waals surface area contributed by atoms with Gasteiger partial charge >= 0.3 is 5.97 Å². The van der Waals surface area contributed by atoms with Crippen LogP contribution in [0.5, 0.6) is 0 Å². The predicted octanol–water partition coefficient (Wildman–Crippen LogP) is 3.31. The van der Waals surface area contributed by atoms with Crippen molar-refractivity contribution in [1.82, 2.24) is 0 Å². The van der Waals surface area contributed by atoms with Crippen molar-refractivity contribution in [3.05, 3.63) is 35.4 Å². The van der Waals surface area contributed by atoms with Gasteiger partial charge in [0, 0.05) is 0 Å². The Labute approximate surface area is 121 Å². The summed E-state index contributed by atoms with van der Waals surface area (Å²) in [5.74, 6) is 0.525. The molecule has 1 fully saturated rings. The first-order valence-electron chi connectivity index (χ1n) is 7.73. The van der Waals surface area contributed by atoms with Crippen molar-refractivity contribution in [2.75, 3.05) is 6.54 Å². The molecule has 3 heteroatoms. The second-order valence-electron chi connectivity index (χ2n) is 5.66. The van der Waals surface area contributed by atoms with E-state index in [1.54, 1.807) is 0 Å². The van der Waals surface area contributed by atoms with Gasteiger partial charge in [0.1, 0.15) is 6.10 Å². The van der Waals surface area contributed by atoms with Gasteiger partial charge in [0.2, 0.25) is 0 Å². The summed E-state index contributed by atoms with van der Waals surface area (Å²) in [5.41, 5.74) is 7.26. The van der Waals surface area contributed by atoms with Crippen LogP contribution in [0.3, 0.4) is 0 Å². The summed E-state index contributed by atoms with van der Waals surface area (Å²) >= 11 is 0. The van der Waals surface area contributed by atoms with Crippen LogP contribution in [-0.2, 0) is 11.2 Å². The van der Waals surface area contributed by atoms with E-state index < -0.39 is 0 Å². The number of rotatable bonds is 5. The summed E-state index contributed by atoms with van der Waals surface area (Å²) < 4.78 is 5.72. The highest BCUT2D eigenvalue weighted by molar-refractivity contribution is 5.91. The van der Waals surface area contributed by atoms with Crippen LogP contribution >= 0.6 is 0 Å². The van der Waals surface area contributed by atoms with Crippen molar-refractivity contribution < 1.29 is 9.53 Å². The van der Waals surface area contributed by atoms with Gasteiger partial charge in [0.05, 0.1) is 5.56 Å². The van der Waals surface area contributed by atoms with Gasteiger partial charge in [-0.3, -0.25) is 0 Å². The Balaban J connectivity index is 2.01. The summed E-state index contributed by atoms with van der Waals surface area (Å²) in [6.07, 6.45) is 6.44. The highest BCUT2D eigenvalue weighted by Gasteiger charge is 2.24. The van der Waals surface area contributed by atoms with E-state index in [0.717, 1.165) is 18.4 Å². The van der Waals surface area contributed by atoms with E-state index in [4.69, 9.17) is 10.5 Å². The third-order valence-electron chi connectivity index (χ3n) is 4.24. The summed E-state index contributed by atoms with van der Waals surface area (Å²) in [7, 11) is 0. The number of hydrogen-bond acceptors (Lipinski definition) is 3. The minimum absolute atomic E-state index is 0.0899. The molecular formula is C17H25NO2. The van der Waals surface area contributed by atoms with E-state index in [1.807, 2.05) is 24.3 Å². The number of nitrogens with two attached hydrogens (primary N) is 1. The molecule has 1 aromatic carbocycles. The molecule has 1 aliphatic carbocycles. The zero-order valence-corrected chi connectivity index (χ0v) is 12.3. The van der Waals surface area contributed by atoms with Crippen LogP contribution in [0.4, 0.5) is 0 Å². The fourth-order valence-corrected chi connectivity index (χ4v) is 3.03. The minimum Gasteiger partial charge on any atom is -0.459 e. The van der Waals surface area contributed by atoms with Gasteiger partial charge in [-0.2, -0.15) is 0 Å². The molecular weight excluding hydrogens is 250 g/mol. The van der Waals surface area contributed by atoms with Gasteiger partial charge in [-0.1, -0.05) is 38.0 Å². The molecule has 1 aromatic rings. The highest BCUT2D eigenvalue weighted by atomic mass is 16.5. The molecule has 0 amide bonds. The number of hydrogen-bond donors (Lipinski definition) is 1. The molecule has 0 spiro atoms. The quantitative estimate of drug-likeness (QED) is 0.839. The number of esters is 1. The number of carbonyl (C=O) groups excluding carboxylic acids is 1. The summed E-state index contributed by atoms with van der Waals surface area (Å²) in [6.45, 7) is 2.76. The smallest absolute Gasteiger partial charge is 0.338 e. The molecule has 0 aliphatic heterocycles. The van der Waals surface area contributed by atoms with Crippen molar-refractivity contribution in [3.63, 3.8) is 0 Å². The van der Waals surface area contributed by atoms with Gasteiger partial charge in [-0.25, -0.2) is 4.79 Å². The lowest BCUT2D eigenvalue weighted by atomic mass is 9.85. The lowest BCUT2D eigenvalue weighted by molar-refractivity contribution is 0.0139. The maximum Gasteiger partial charge on any atom is 0.338 e. The molecule has 0 heterocycles. The van der Waals surface area contributed by atoms with Crippen LogP contribution in [0.1, 0.15) is 54.9 Å². The van der Waals surface area contributed by atoms with Crippen LogP contribution in [0.25, 0.3) is 0 Å². The fraction of sp³-hybridized carbons (Fsp3) is 0.588. The third kappa shape index (κ3) is 3.83. The number of benzene rings is 1. The predicted molar refractivity (Wildman–Crippen MR) is 80.7 cm³/mol. The van der Waals surface area contributed by atoms with Gasteiger partial charge in [0.15, 0.2) is 0 Å². The van der Waals surface area contributed by atoms with Crippen molar-refractivity contribution in [3.8, 4) is 0 Å². The van der Waals surface area contributed by atoms with Gasteiger partial charge < -0.3 is 10.5 Å². The first kappa shape index (κ1) is 15.0. The van der Waals surface area contributed by atoms with E-state index in [0.29, 0.717) is 24.4 Å². The molecule has 0 radical (unpaired) electrons. The molecule has 110 valence electrons. The number of carbonyl (C=O) groups is 1. The molecule has 0 saturated heterocycles. The summed E-state index contributed by atoms with van der Waals surface area (Å²) in [6, 6.07) is 7.62. The Hall–Kier alpha value is -1.35. The second kappa shape index (κ2) is 7.44. The standard InChI is InChI=1S/C17H25NO2/c1-2-13-6-5-8-15(12-13)20-17(19)16-9-4-3-7-14(16)10-11-18/h3-4,7,9,13,15H,2,5-6,8,10-12,18H2,1H3. The van der Waals surface area contributed by atoms with Crippen molar-refractivity contribution in [1.29, 1.82) is 0 Å². The van der Waals surface area contributed by atoms with Crippen LogP contribution in [-0.4, -0.2) is 18.6 Å². The molecule has 2 unspecified atom stereocenters. The van der Waals surface area contributed by atoms with Crippen LogP contribution in [0, 0.1) is 5.92 Å². The van der Waals surface area contributed by atoms with Crippen LogP contribution in [0.2, 0.25) is 0 Å². The average Bonchev–Trinajstić information content (AvgIpc) is 2.48. The maximum absolute atomic E-state index is 12.3. The van der Waals surface area contributed by atoms with Crippen LogP contribution < -0.4 is 5.73 Å². The molecule has 1 saturated carbocycles. The second-order valence-corrected chi connectivity index (χ2v) is 5.66. The average molecular weight is 275 g/mol. The Morgan fingerprint density at radius 1 is 1.35 bits per heavy atom. The third-order valence-corrected chi connectivity index (χ3v) is 4.24. The minimum atomic E-state index is -0.184. The summed E-state index contributed by atoms with van der Waals surface area (Å²) in [5, 5.41) is 0. The van der Waals surface area contributed by atoms with E-state index in [2.05, 4.69) is 6.92 Å². The number of ether oxygens (including phenoxy) is 1. The molecule has 2 atom stereocenters. The van der Waals surface area contributed by atoms with Gasteiger partial charge in [-0.05, 0) is 49.8 Å². The molecule has 0 bridgehead atoms. The van der Waals surface area contributed by atoms with E-state index in [-0.39, 0.29) is 12.1 Å². The van der Waals surface area contributed by atoms with E-state index in [9.17, 15) is 4.79 Å². The van der Waals surface area contributed by atoms with Gasteiger partial charge in [-0.15, -0.1) is 0 Å². The largest absolute Gasteiger partial charge is 0.459 e. The Morgan fingerprint density at radius 2 is 2.15 bits per heavy atom. The fourth-order valence-electron chi connectivity index (χ4n) is 3.03. The van der Waals surface area contributed by atoms with Crippen molar-refractivity contribution in [2.45, 2.75) is 51.6 Å². The van der Waals surface area contributed by atoms with Crippen LogP contribution in [0.15, 0.2) is 24.3 Å². The first-order valence-corrected chi connectivity index (χ1v) is 7.73. The molecule has 3 nitrogen and oxygen atoms in total. The SMILES string of the molecule is CCC1CCCC(OC(=O)c2ccccc2CCN)C1. The zero-order valence-electron chi connectivity index (χ0n) is 12.3. The molecule has 2 N–H and O–H groups in total. The zero-order chi connectivity index (χ0) is 14.4. The Morgan fingerprint density at radius 3 is 2.90 bits per heavy atom. The van der Waals surface area contributed by atoms with Crippen molar-refractivity contribution >= 4 is 5.97 Å². The molecule has 0 aromatic heterocycles. The van der Waals surface area contributed by atoms with Crippen molar-refractivity contribution in [2.24, 2.45) is 11.7 Å².